The molecule has 1 saturated heterocycles. The largest absolute Gasteiger partial charge is 0.481 e. The van der Waals surface area contributed by atoms with E-state index in [0.717, 1.165) is 0 Å². The Balaban J connectivity index is 1.62. The first-order valence-electron chi connectivity index (χ1n) is 8.14. The molecule has 0 radical (unpaired) electrons. The lowest BCUT2D eigenvalue weighted by Crippen LogP contribution is -2.45. The van der Waals surface area contributed by atoms with E-state index in [1.54, 1.807) is 35.0 Å². The predicted molar refractivity (Wildman–Crippen MR) is 89.8 cm³/mol. The van der Waals surface area contributed by atoms with Gasteiger partial charge in [-0.3, -0.25) is 0 Å². The van der Waals surface area contributed by atoms with Crippen molar-refractivity contribution in [3.63, 3.8) is 0 Å². The highest BCUT2D eigenvalue weighted by atomic mass is 16.5. The van der Waals surface area contributed by atoms with Gasteiger partial charge in [-0.1, -0.05) is 0 Å². The molecule has 11 heteroatoms. The quantitative estimate of drug-likeness (QED) is 0.780. The number of aromatic nitrogens is 5. The molecule has 1 fully saturated rings. The molecule has 0 saturated carbocycles. The van der Waals surface area contributed by atoms with Crippen molar-refractivity contribution in [3.8, 4) is 5.88 Å². The Labute approximate surface area is 150 Å². The summed E-state index contributed by atoms with van der Waals surface area (Å²) in [6, 6.07) is 3.18. The number of hydrogen-bond acceptors (Lipinski definition) is 8. The number of nitrogens with one attached hydrogen (secondary N) is 1. The maximum absolute atomic E-state index is 12.5. The van der Waals surface area contributed by atoms with E-state index < -0.39 is 6.10 Å². The van der Waals surface area contributed by atoms with E-state index in [-0.39, 0.29) is 6.03 Å². The highest BCUT2D eigenvalue weighted by Gasteiger charge is 2.29. The summed E-state index contributed by atoms with van der Waals surface area (Å²) in [6.07, 6.45) is 1.15. The molecular formula is C15H21N7O4. The fraction of sp³-hybridized carbons (Fsp3) is 0.533. The zero-order valence-electron chi connectivity index (χ0n) is 14.7. The second kappa shape index (κ2) is 8.54. The van der Waals surface area contributed by atoms with Crippen LogP contribution in [-0.4, -0.2) is 76.6 Å². The Bertz CT molecular complexity index is 721. The first-order valence-corrected chi connectivity index (χ1v) is 8.14. The molecule has 2 aromatic heterocycles. The van der Waals surface area contributed by atoms with Gasteiger partial charge in [0.25, 0.3) is 0 Å². The summed E-state index contributed by atoms with van der Waals surface area (Å²) in [7, 11) is 3.15. The molecule has 3 rings (SSSR count). The standard InChI is InChI=1S/C15H21N7O4/c1-24-7-6-22-14(18-19-20-22)12-10-21(5-8-26-12)15(23)17-11-3-4-13(25-2)16-9-11/h3-4,9,12H,5-8,10H2,1-2H3,(H,17,23)/t12-/m1/s1. The van der Waals surface area contributed by atoms with E-state index in [4.69, 9.17) is 14.2 Å². The molecule has 0 aromatic carbocycles. The molecule has 0 aliphatic carbocycles. The van der Waals surface area contributed by atoms with Crippen molar-refractivity contribution in [2.75, 3.05) is 45.8 Å². The number of carbonyl (C=O) groups is 1. The smallest absolute Gasteiger partial charge is 0.322 e. The number of anilines is 1. The summed E-state index contributed by atoms with van der Waals surface area (Å²) in [4.78, 5) is 18.2. The fourth-order valence-corrected chi connectivity index (χ4v) is 2.55. The highest BCUT2D eigenvalue weighted by Crippen LogP contribution is 2.21. The number of amides is 2. The van der Waals surface area contributed by atoms with Crippen molar-refractivity contribution in [2.45, 2.75) is 12.6 Å². The van der Waals surface area contributed by atoms with Crippen LogP contribution in [0.2, 0.25) is 0 Å². The van der Waals surface area contributed by atoms with Gasteiger partial charge in [0.05, 0.1) is 45.3 Å². The molecule has 0 unspecified atom stereocenters. The van der Waals surface area contributed by atoms with Gasteiger partial charge in [0.1, 0.15) is 6.10 Å². The van der Waals surface area contributed by atoms with Crippen molar-refractivity contribution in [1.82, 2.24) is 30.1 Å². The molecule has 26 heavy (non-hydrogen) atoms. The average Bonchev–Trinajstić information content (AvgIpc) is 3.15. The van der Waals surface area contributed by atoms with Gasteiger partial charge in [-0.2, -0.15) is 0 Å². The zero-order chi connectivity index (χ0) is 18.4. The number of tetrazole rings is 1. The van der Waals surface area contributed by atoms with E-state index in [1.807, 2.05) is 0 Å². The zero-order valence-corrected chi connectivity index (χ0v) is 14.7. The van der Waals surface area contributed by atoms with Gasteiger partial charge in [0.15, 0.2) is 5.82 Å². The van der Waals surface area contributed by atoms with Gasteiger partial charge < -0.3 is 24.4 Å². The minimum Gasteiger partial charge on any atom is -0.481 e. The summed E-state index contributed by atoms with van der Waals surface area (Å²) in [5, 5.41) is 14.5. The van der Waals surface area contributed by atoms with Crippen molar-refractivity contribution in [3.05, 3.63) is 24.2 Å². The molecule has 0 bridgehead atoms. The Kier molecular flexibility index (Phi) is 5.92. The van der Waals surface area contributed by atoms with Crippen molar-refractivity contribution >= 4 is 11.7 Å². The first kappa shape index (κ1) is 18.0. The molecular weight excluding hydrogens is 342 g/mol. The number of pyridine rings is 1. The molecule has 1 aliphatic heterocycles. The minimum absolute atomic E-state index is 0.235. The molecule has 2 aromatic rings. The molecule has 11 nitrogen and oxygen atoms in total. The Morgan fingerprint density at radius 1 is 1.42 bits per heavy atom. The number of ether oxygens (including phenoxy) is 3. The molecule has 2 amide bonds. The van der Waals surface area contributed by atoms with Gasteiger partial charge in [0.2, 0.25) is 5.88 Å². The molecule has 140 valence electrons. The first-order chi connectivity index (χ1) is 12.7. The van der Waals surface area contributed by atoms with Crippen molar-refractivity contribution in [1.29, 1.82) is 0 Å². The molecule has 3 heterocycles. The number of methoxy groups -OCH3 is 2. The third-order valence-electron chi connectivity index (χ3n) is 3.91. The van der Waals surface area contributed by atoms with Crippen LogP contribution in [0.5, 0.6) is 5.88 Å². The van der Waals surface area contributed by atoms with Crippen LogP contribution >= 0.6 is 0 Å². The van der Waals surface area contributed by atoms with E-state index >= 15 is 0 Å². The van der Waals surface area contributed by atoms with Crippen molar-refractivity contribution < 1.29 is 19.0 Å². The van der Waals surface area contributed by atoms with Crippen LogP contribution < -0.4 is 10.1 Å². The second-order valence-electron chi connectivity index (χ2n) is 5.58. The average molecular weight is 363 g/mol. The van der Waals surface area contributed by atoms with Gasteiger partial charge in [-0.25, -0.2) is 14.5 Å². The number of nitrogens with zero attached hydrogens (tertiary/aromatic N) is 6. The SMILES string of the molecule is COCCn1nnnc1[C@H]1CN(C(=O)Nc2ccc(OC)nc2)CCO1. The topological polar surface area (TPSA) is 117 Å². The molecule has 1 atom stereocenters. The van der Waals surface area contributed by atoms with Gasteiger partial charge in [-0.15, -0.1) is 5.10 Å². The lowest BCUT2D eigenvalue weighted by Gasteiger charge is -2.32. The maximum atomic E-state index is 12.5. The van der Waals surface area contributed by atoms with Gasteiger partial charge in [0, 0.05) is 19.7 Å². The third kappa shape index (κ3) is 4.24. The maximum Gasteiger partial charge on any atom is 0.322 e. The predicted octanol–water partition coefficient (Wildman–Crippen LogP) is 0.329. The lowest BCUT2D eigenvalue weighted by molar-refractivity contribution is -0.0209. The van der Waals surface area contributed by atoms with Crippen LogP contribution in [0.25, 0.3) is 0 Å². The normalized spacial score (nSPS) is 17.2. The van der Waals surface area contributed by atoms with Crippen LogP contribution in [-0.2, 0) is 16.0 Å². The van der Waals surface area contributed by atoms with E-state index in [9.17, 15) is 4.79 Å². The Morgan fingerprint density at radius 3 is 3.04 bits per heavy atom. The summed E-state index contributed by atoms with van der Waals surface area (Å²) in [6.45, 7) is 2.23. The molecule has 1 N–H and O–H groups in total. The van der Waals surface area contributed by atoms with Crippen LogP contribution in [0.3, 0.4) is 0 Å². The summed E-state index contributed by atoms with van der Waals surface area (Å²) in [5.74, 6) is 1.06. The van der Waals surface area contributed by atoms with E-state index in [2.05, 4.69) is 25.8 Å². The number of hydrogen-bond donors (Lipinski definition) is 1. The number of carbonyl (C=O) groups excluding carboxylic acids is 1. The highest BCUT2D eigenvalue weighted by molar-refractivity contribution is 5.89. The van der Waals surface area contributed by atoms with Crippen LogP contribution in [0.4, 0.5) is 10.5 Å². The summed E-state index contributed by atoms with van der Waals surface area (Å²) in [5.41, 5.74) is 0.587. The van der Waals surface area contributed by atoms with Crippen LogP contribution in [0, 0.1) is 0 Å². The lowest BCUT2D eigenvalue weighted by atomic mass is 10.2. The monoisotopic (exact) mass is 363 g/mol. The Hall–Kier alpha value is -2.79. The Morgan fingerprint density at radius 2 is 2.31 bits per heavy atom. The minimum atomic E-state index is -0.393. The van der Waals surface area contributed by atoms with Crippen LogP contribution in [0.15, 0.2) is 18.3 Å². The van der Waals surface area contributed by atoms with Crippen molar-refractivity contribution in [2.24, 2.45) is 0 Å². The van der Waals surface area contributed by atoms with Crippen LogP contribution in [0.1, 0.15) is 11.9 Å². The molecule has 0 spiro atoms. The van der Waals surface area contributed by atoms with Gasteiger partial charge in [-0.05, 0) is 16.5 Å². The third-order valence-corrected chi connectivity index (χ3v) is 3.91. The molecule has 1 aliphatic rings. The second-order valence-corrected chi connectivity index (χ2v) is 5.58. The van der Waals surface area contributed by atoms with E-state index in [0.29, 0.717) is 50.2 Å². The van der Waals surface area contributed by atoms with Gasteiger partial charge >= 0.3 is 6.03 Å². The summed E-state index contributed by atoms with van der Waals surface area (Å²) < 4.78 is 17.4. The van der Waals surface area contributed by atoms with E-state index in [1.165, 1.54) is 7.11 Å². The fourth-order valence-electron chi connectivity index (χ4n) is 2.55. The number of rotatable bonds is 6. The number of morpholine rings is 1. The number of urea groups is 1. The summed E-state index contributed by atoms with van der Waals surface area (Å²) >= 11 is 0.